The highest BCUT2D eigenvalue weighted by Gasteiger charge is 2.21. The molecule has 2 N–H and O–H groups in total. The van der Waals surface area contributed by atoms with Gasteiger partial charge in [-0.25, -0.2) is 17.5 Å². The van der Waals surface area contributed by atoms with Gasteiger partial charge in [-0.15, -0.1) is 0 Å². The topological polar surface area (TPSA) is 104 Å². The van der Waals surface area contributed by atoms with Crippen LogP contribution >= 0.6 is 0 Å². The molecule has 2 aromatic carbocycles. The molecule has 8 heteroatoms. The normalized spacial score (nSPS) is 11.3. The number of sulfonamides is 1. The van der Waals surface area contributed by atoms with Crippen LogP contribution in [0.15, 0.2) is 59.5 Å². The molecule has 0 fully saturated rings. The van der Waals surface area contributed by atoms with Gasteiger partial charge in [-0.1, -0.05) is 30.3 Å². The van der Waals surface area contributed by atoms with Gasteiger partial charge in [-0.05, 0) is 24.3 Å². The molecule has 0 saturated heterocycles. The number of aromatic carboxylic acids is 1. The van der Waals surface area contributed by atoms with Crippen LogP contribution in [-0.4, -0.2) is 43.3 Å². The molecule has 0 bridgehead atoms. The van der Waals surface area contributed by atoms with E-state index in [4.69, 9.17) is 5.11 Å². The van der Waals surface area contributed by atoms with E-state index in [1.165, 1.54) is 31.3 Å². The molecule has 0 aliphatic carbocycles. The van der Waals surface area contributed by atoms with Gasteiger partial charge in [0.25, 0.3) is 0 Å². The van der Waals surface area contributed by atoms with Crippen molar-refractivity contribution in [3.8, 4) is 0 Å². The number of nitrogens with one attached hydrogen (secondary N) is 1. The van der Waals surface area contributed by atoms with E-state index in [9.17, 15) is 18.0 Å². The number of carbonyl (C=O) groups is 2. The lowest BCUT2D eigenvalue weighted by atomic mass is 10.2. The van der Waals surface area contributed by atoms with Gasteiger partial charge in [0.1, 0.15) is 0 Å². The number of hydrogen-bond acceptors (Lipinski definition) is 4. The summed E-state index contributed by atoms with van der Waals surface area (Å²) in [6.07, 6.45) is -0.101. The largest absolute Gasteiger partial charge is 0.478 e. The SMILES string of the molecule is CN(CCC(=O)Nc1ccccc1C(=O)O)S(=O)(=O)c1ccccc1. The van der Waals surface area contributed by atoms with Crippen molar-refractivity contribution in [2.45, 2.75) is 11.3 Å². The van der Waals surface area contributed by atoms with Gasteiger partial charge in [-0.3, -0.25) is 4.79 Å². The van der Waals surface area contributed by atoms with E-state index in [1.807, 2.05) is 0 Å². The number of carboxylic acid groups (broad SMARTS) is 1. The zero-order valence-corrected chi connectivity index (χ0v) is 14.4. The van der Waals surface area contributed by atoms with E-state index in [0.29, 0.717) is 0 Å². The highest BCUT2D eigenvalue weighted by atomic mass is 32.2. The predicted molar refractivity (Wildman–Crippen MR) is 92.9 cm³/mol. The van der Waals surface area contributed by atoms with Crippen molar-refractivity contribution in [1.82, 2.24) is 4.31 Å². The summed E-state index contributed by atoms with van der Waals surface area (Å²) in [4.78, 5) is 23.3. The molecule has 7 nitrogen and oxygen atoms in total. The molecule has 1 amide bonds. The van der Waals surface area contributed by atoms with Crippen LogP contribution in [0.4, 0.5) is 5.69 Å². The zero-order valence-electron chi connectivity index (χ0n) is 13.5. The number of rotatable bonds is 7. The first-order valence-electron chi connectivity index (χ1n) is 7.46. The van der Waals surface area contributed by atoms with Crippen LogP contribution in [0.25, 0.3) is 0 Å². The minimum Gasteiger partial charge on any atom is -0.478 e. The van der Waals surface area contributed by atoms with Crippen molar-refractivity contribution in [1.29, 1.82) is 0 Å². The van der Waals surface area contributed by atoms with Crippen LogP contribution in [0.3, 0.4) is 0 Å². The Balaban J connectivity index is 2.00. The highest BCUT2D eigenvalue weighted by Crippen LogP contribution is 2.16. The number of benzene rings is 2. The summed E-state index contributed by atoms with van der Waals surface area (Å²) in [7, 11) is -2.28. The van der Waals surface area contributed by atoms with E-state index in [2.05, 4.69) is 5.32 Å². The molecule has 2 aromatic rings. The second-order valence-electron chi connectivity index (χ2n) is 5.29. The number of para-hydroxylation sites is 1. The van der Waals surface area contributed by atoms with Gasteiger partial charge in [0, 0.05) is 20.0 Å². The maximum Gasteiger partial charge on any atom is 0.337 e. The molecule has 2 rings (SSSR count). The standard InChI is InChI=1S/C17H18N2O5S/c1-19(25(23,24)13-7-3-2-4-8-13)12-11-16(20)18-15-10-6-5-9-14(15)17(21)22/h2-10H,11-12H2,1H3,(H,18,20)(H,21,22). The number of anilines is 1. The number of carbonyl (C=O) groups excluding carboxylic acids is 1. The first-order valence-corrected chi connectivity index (χ1v) is 8.90. The predicted octanol–water partition coefficient (Wildman–Crippen LogP) is 2.03. The maximum atomic E-state index is 12.4. The van der Waals surface area contributed by atoms with Gasteiger partial charge in [0.15, 0.2) is 0 Å². The van der Waals surface area contributed by atoms with Crippen LogP contribution in [0.2, 0.25) is 0 Å². The third kappa shape index (κ3) is 4.65. The average molecular weight is 362 g/mol. The Bertz CT molecular complexity index is 866. The summed E-state index contributed by atoms with van der Waals surface area (Å²) < 4.78 is 25.8. The van der Waals surface area contributed by atoms with E-state index in [-0.39, 0.29) is 29.1 Å². The van der Waals surface area contributed by atoms with E-state index in [0.717, 1.165) is 4.31 Å². The van der Waals surface area contributed by atoms with E-state index >= 15 is 0 Å². The summed E-state index contributed by atoms with van der Waals surface area (Å²) >= 11 is 0. The maximum absolute atomic E-state index is 12.4. The zero-order chi connectivity index (χ0) is 18.4. The lowest BCUT2D eigenvalue weighted by Gasteiger charge is -2.17. The van der Waals surface area contributed by atoms with Crippen LogP contribution in [0, 0.1) is 0 Å². The second-order valence-corrected chi connectivity index (χ2v) is 7.33. The number of nitrogens with zero attached hydrogens (tertiary/aromatic N) is 1. The third-order valence-corrected chi connectivity index (χ3v) is 5.41. The second kappa shape index (κ2) is 7.91. The number of amides is 1. The van der Waals surface area contributed by atoms with Crippen molar-refractivity contribution < 1.29 is 23.1 Å². The minimum absolute atomic E-state index is 0.0267. The van der Waals surface area contributed by atoms with E-state index < -0.39 is 21.9 Å². The fourth-order valence-electron chi connectivity index (χ4n) is 2.14. The van der Waals surface area contributed by atoms with Crippen LogP contribution < -0.4 is 5.32 Å². The molecule has 0 aliphatic heterocycles. The van der Waals surface area contributed by atoms with Gasteiger partial charge in [-0.2, -0.15) is 0 Å². The Morgan fingerprint density at radius 1 is 1.04 bits per heavy atom. The molecule has 132 valence electrons. The molecule has 0 spiro atoms. The van der Waals surface area contributed by atoms with Crippen molar-refractivity contribution in [2.75, 3.05) is 18.9 Å². The quantitative estimate of drug-likeness (QED) is 0.784. The summed E-state index contributed by atoms with van der Waals surface area (Å²) in [5.41, 5.74) is 0.148. The smallest absolute Gasteiger partial charge is 0.337 e. The van der Waals surface area contributed by atoms with Crippen molar-refractivity contribution in [3.05, 3.63) is 60.2 Å². The fraction of sp³-hybridized carbons (Fsp3) is 0.176. The number of carboxylic acids is 1. The van der Waals surface area contributed by atoms with Crippen LogP contribution in [0.5, 0.6) is 0 Å². The van der Waals surface area contributed by atoms with Gasteiger partial charge in [0.2, 0.25) is 15.9 Å². The van der Waals surface area contributed by atoms with Crippen molar-refractivity contribution in [2.24, 2.45) is 0 Å². The van der Waals surface area contributed by atoms with Gasteiger partial charge >= 0.3 is 5.97 Å². The minimum atomic E-state index is -3.67. The van der Waals surface area contributed by atoms with Gasteiger partial charge < -0.3 is 10.4 Å². The molecular weight excluding hydrogens is 344 g/mol. The summed E-state index contributed by atoms with van der Waals surface area (Å²) in [5.74, 6) is -1.62. The molecular formula is C17H18N2O5S. The molecule has 0 aliphatic rings. The fourth-order valence-corrected chi connectivity index (χ4v) is 3.34. The lowest BCUT2D eigenvalue weighted by molar-refractivity contribution is -0.116. The molecule has 0 radical (unpaired) electrons. The monoisotopic (exact) mass is 362 g/mol. The summed E-state index contributed by atoms with van der Waals surface area (Å²) in [6, 6.07) is 13.9. The van der Waals surface area contributed by atoms with Crippen molar-refractivity contribution >= 4 is 27.6 Å². The lowest BCUT2D eigenvalue weighted by Crippen LogP contribution is -2.30. The Morgan fingerprint density at radius 3 is 2.28 bits per heavy atom. The van der Waals surface area contributed by atoms with Crippen LogP contribution in [-0.2, 0) is 14.8 Å². The van der Waals surface area contributed by atoms with E-state index in [1.54, 1.807) is 30.3 Å². The molecule has 0 aromatic heterocycles. The molecule has 0 unspecified atom stereocenters. The molecule has 0 saturated carbocycles. The molecule has 0 heterocycles. The molecule has 0 atom stereocenters. The van der Waals surface area contributed by atoms with Crippen LogP contribution in [0.1, 0.15) is 16.8 Å². The highest BCUT2D eigenvalue weighted by molar-refractivity contribution is 7.89. The Hall–Kier alpha value is -2.71. The van der Waals surface area contributed by atoms with Crippen molar-refractivity contribution in [3.63, 3.8) is 0 Å². The Morgan fingerprint density at radius 2 is 1.64 bits per heavy atom. The van der Waals surface area contributed by atoms with Gasteiger partial charge in [0.05, 0.1) is 16.1 Å². The Labute approximate surface area is 146 Å². The summed E-state index contributed by atoms with van der Waals surface area (Å²) in [6.45, 7) is -0.0295. The summed E-state index contributed by atoms with van der Waals surface area (Å²) in [5, 5.41) is 11.6. The molecule has 25 heavy (non-hydrogen) atoms. The first-order chi connectivity index (χ1) is 11.8. The first kappa shape index (κ1) is 18.6. The third-order valence-electron chi connectivity index (χ3n) is 3.54. The average Bonchev–Trinajstić information content (AvgIpc) is 2.60. The number of hydrogen-bond donors (Lipinski definition) is 2. The Kier molecular flexibility index (Phi) is 5.89.